The van der Waals surface area contributed by atoms with Gasteiger partial charge in [0.05, 0.1) is 6.26 Å². The van der Waals surface area contributed by atoms with Crippen LogP contribution < -0.4 is 0 Å². The van der Waals surface area contributed by atoms with Gasteiger partial charge in [-0.2, -0.15) is 0 Å². The second-order valence-electron chi connectivity index (χ2n) is 3.18. The van der Waals surface area contributed by atoms with Crippen LogP contribution in [0.1, 0.15) is 11.3 Å². The van der Waals surface area contributed by atoms with Gasteiger partial charge >= 0.3 is 0 Å². The molecule has 0 unspecified atom stereocenters. The lowest BCUT2D eigenvalue weighted by molar-refractivity contribution is 0.575. The van der Waals surface area contributed by atoms with Gasteiger partial charge in [-0.15, -0.1) is 0 Å². The molecule has 0 amide bonds. The van der Waals surface area contributed by atoms with Crippen LogP contribution in [0.2, 0.25) is 0 Å². The fourth-order valence-corrected chi connectivity index (χ4v) is 1.57. The van der Waals surface area contributed by atoms with E-state index in [-0.39, 0.29) is 0 Å². The minimum Gasteiger partial charge on any atom is -0.461 e. The Morgan fingerprint density at radius 3 is 2.79 bits per heavy atom. The molecule has 3 nitrogen and oxygen atoms in total. The largest absolute Gasteiger partial charge is 0.461 e. The molecule has 1 N–H and O–H groups in total. The van der Waals surface area contributed by atoms with Crippen LogP contribution in [0.3, 0.4) is 0 Å². The van der Waals surface area contributed by atoms with Crippen molar-refractivity contribution in [3.05, 3.63) is 34.3 Å². The minimum atomic E-state index is 0.576. The van der Waals surface area contributed by atoms with E-state index in [4.69, 9.17) is 16.6 Å². The Hall–Kier alpha value is -1.42. The number of aryl methyl sites for hydroxylation is 2. The molecule has 2 aromatic heterocycles. The Morgan fingerprint density at radius 2 is 2.21 bits per heavy atom. The number of H-pyrrole nitrogens is 1. The van der Waals surface area contributed by atoms with E-state index in [0.29, 0.717) is 10.5 Å². The monoisotopic (exact) mass is 206 g/mol. The van der Waals surface area contributed by atoms with Gasteiger partial charge in [0, 0.05) is 5.69 Å². The first-order valence-corrected chi connectivity index (χ1v) is 4.70. The van der Waals surface area contributed by atoms with E-state index in [9.17, 15) is 0 Å². The number of nitrogens with one attached hydrogen (secondary N) is 1. The van der Waals surface area contributed by atoms with Gasteiger partial charge in [0.1, 0.15) is 4.64 Å². The van der Waals surface area contributed by atoms with Crippen molar-refractivity contribution in [3.63, 3.8) is 0 Å². The third-order valence-electron chi connectivity index (χ3n) is 1.95. The molecule has 2 heterocycles. The number of aromatic amines is 1. The molecule has 0 fully saturated rings. The highest BCUT2D eigenvalue weighted by Crippen LogP contribution is 2.20. The predicted octanol–water partition coefficient (Wildman–Crippen LogP) is 3.02. The van der Waals surface area contributed by atoms with E-state index < -0.39 is 0 Å². The minimum absolute atomic E-state index is 0.576. The van der Waals surface area contributed by atoms with E-state index in [1.54, 1.807) is 6.26 Å². The van der Waals surface area contributed by atoms with Gasteiger partial charge in [-0.25, -0.2) is 4.98 Å². The average Bonchev–Trinajstić information content (AvgIpc) is 2.49. The molecule has 0 aliphatic heterocycles. The lowest BCUT2D eigenvalue weighted by Crippen LogP contribution is -1.91. The summed E-state index contributed by atoms with van der Waals surface area (Å²) < 4.78 is 5.90. The molecular formula is C10H10N2OS. The fourth-order valence-electron chi connectivity index (χ4n) is 1.30. The summed E-state index contributed by atoms with van der Waals surface area (Å²) in [5, 5.41) is 0. The van der Waals surface area contributed by atoms with Gasteiger partial charge in [-0.05, 0) is 31.5 Å². The number of hydrogen-bond donors (Lipinski definition) is 1. The van der Waals surface area contributed by atoms with E-state index >= 15 is 0 Å². The second kappa shape index (κ2) is 3.38. The molecule has 0 atom stereocenters. The van der Waals surface area contributed by atoms with E-state index in [0.717, 1.165) is 17.0 Å². The highest BCUT2D eigenvalue weighted by atomic mass is 32.1. The maximum absolute atomic E-state index is 5.32. The van der Waals surface area contributed by atoms with Crippen molar-refractivity contribution < 1.29 is 4.42 Å². The molecule has 72 valence electrons. The van der Waals surface area contributed by atoms with Crippen LogP contribution in [0.4, 0.5) is 0 Å². The van der Waals surface area contributed by atoms with Crippen LogP contribution in [0.25, 0.3) is 11.6 Å². The van der Waals surface area contributed by atoms with Gasteiger partial charge in [0.15, 0.2) is 11.6 Å². The van der Waals surface area contributed by atoms with Crippen LogP contribution in [-0.2, 0) is 0 Å². The smallest absolute Gasteiger partial charge is 0.175 e. The average molecular weight is 206 g/mol. The lowest BCUT2D eigenvalue weighted by atomic mass is 10.2. The Labute approximate surface area is 86.8 Å². The molecule has 0 bridgehead atoms. The quantitative estimate of drug-likeness (QED) is 0.729. The first kappa shape index (κ1) is 9.15. The molecule has 0 aromatic carbocycles. The molecule has 0 aliphatic rings. The highest BCUT2D eigenvalue weighted by Gasteiger charge is 2.07. The van der Waals surface area contributed by atoms with Crippen LogP contribution in [-0.4, -0.2) is 9.97 Å². The van der Waals surface area contributed by atoms with Crippen molar-refractivity contribution in [3.8, 4) is 11.6 Å². The standard InChI is InChI=1S/C10H10N2OS/c1-6-3-4-13-9(6)10-11-7(2)5-8(14)12-10/h3-5H,1-2H3,(H,11,12,14). The van der Waals surface area contributed by atoms with Crippen molar-refractivity contribution in [1.29, 1.82) is 0 Å². The van der Waals surface area contributed by atoms with Crippen molar-refractivity contribution in [1.82, 2.24) is 9.97 Å². The van der Waals surface area contributed by atoms with Gasteiger partial charge in [-0.1, -0.05) is 12.2 Å². The Morgan fingerprint density at radius 1 is 1.43 bits per heavy atom. The molecule has 2 aromatic rings. The van der Waals surface area contributed by atoms with E-state index in [1.165, 1.54) is 0 Å². The third-order valence-corrected chi connectivity index (χ3v) is 2.16. The number of hydrogen-bond acceptors (Lipinski definition) is 3. The van der Waals surface area contributed by atoms with Crippen LogP contribution in [0.15, 0.2) is 22.8 Å². The van der Waals surface area contributed by atoms with Crippen molar-refractivity contribution in [2.75, 3.05) is 0 Å². The molecule has 0 saturated carbocycles. The van der Waals surface area contributed by atoms with Crippen LogP contribution in [0, 0.1) is 18.5 Å². The van der Waals surface area contributed by atoms with Crippen molar-refractivity contribution in [2.45, 2.75) is 13.8 Å². The zero-order valence-electron chi connectivity index (χ0n) is 8.00. The summed E-state index contributed by atoms with van der Waals surface area (Å²) in [6.45, 7) is 3.92. The summed E-state index contributed by atoms with van der Waals surface area (Å²) in [6.07, 6.45) is 1.64. The fraction of sp³-hybridized carbons (Fsp3) is 0.200. The zero-order chi connectivity index (χ0) is 10.1. The Kier molecular flexibility index (Phi) is 2.21. The summed E-state index contributed by atoms with van der Waals surface area (Å²) in [5.74, 6) is 1.44. The van der Waals surface area contributed by atoms with Crippen molar-refractivity contribution >= 4 is 12.2 Å². The van der Waals surface area contributed by atoms with Crippen molar-refractivity contribution in [2.24, 2.45) is 0 Å². The second-order valence-corrected chi connectivity index (χ2v) is 3.60. The molecule has 4 heteroatoms. The van der Waals surface area contributed by atoms with Gasteiger partial charge < -0.3 is 9.40 Å². The maximum atomic E-state index is 5.32. The number of furan rings is 1. The number of rotatable bonds is 1. The van der Waals surface area contributed by atoms with Crippen LogP contribution >= 0.6 is 12.2 Å². The summed E-state index contributed by atoms with van der Waals surface area (Å²) >= 11 is 5.03. The summed E-state index contributed by atoms with van der Waals surface area (Å²) in [4.78, 5) is 7.32. The van der Waals surface area contributed by atoms with Gasteiger partial charge in [-0.3, -0.25) is 0 Å². The molecule has 2 rings (SSSR count). The third kappa shape index (κ3) is 1.61. The molecule has 14 heavy (non-hydrogen) atoms. The lowest BCUT2D eigenvalue weighted by Gasteiger charge is -2.00. The topological polar surface area (TPSA) is 41.8 Å². The summed E-state index contributed by atoms with van der Waals surface area (Å²) in [7, 11) is 0. The molecular weight excluding hydrogens is 196 g/mol. The Balaban J connectivity index is 2.63. The Bertz CT molecular complexity index is 513. The molecule has 0 saturated heterocycles. The van der Waals surface area contributed by atoms with E-state index in [2.05, 4.69) is 9.97 Å². The SMILES string of the molecule is Cc1cc(=S)nc(-c2occc2C)[nH]1. The van der Waals surface area contributed by atoms with Crippen LogP contribution in [0.5, 0.6) is 0 Å². The first-order valence-electron chi connectivity index (χ1n) is 4.29. The number of aromatic nitrogens is 2. The normalized spacial score (nSPS) is 10.4. The molecule has 0 radical (unpaired) electrons. The summed E-state index contributed by atoms with van der Waals surface area (Å²) in [6, 6.07) is 3.72. The first-order chi connectivity index (χ1) is 6.66. The van der Waals surface area contributed by atoms with E-state index in [1.807, 2.05) is 26.0 Å². The summed E-state index contributed by atoms with van der Waals surface area (Å²) in [5.41, 5.74) is 2.03. The molecule has 0 spiro atoms. The highest BCUT2D eigenvalue weighted by molar-refractivity contribution is 7.71. The maximum Gasteiger partial charge on any atom is 0.175 e. The zero-order valence-corrected chi connectivity index (χ0v) is 8.81. The van der Waals surface area contributed by atoms with Gasteiger partial charge in [0.25, 0.3) is 0 Å². The van der Waals surface area contributed by atoms with Gasteiger partial charge in [0.2, 0.25) is 0 Å². The number of nitrogens with zero attached hydrogens (tertiary/aromatic N) is 1. The predicted molar refractivity (Wildman–Crippen MR) is 56.6 cm³/mol. The molecule has 0 aliphatic carbocycles.